The Hall–Kier alpha value is -0.570. The molecule has 8 heteroatoms. The fraction of sp³-hybridized carbons (Fsp3) is 0.818. The molecule has 2 heterocycles. The van der Waals surface area contributed by atoms with Crippen molar-refractivity contribution in [1.82, 2.24) is 20.0 Å². The van der Waals surface area contributed by atoms with E-state index in [2.05, 4.69) is 40.9 Å². The van der Waals surface area contributed by atoms with Crippen molar-refractivity contribution in [2.24, 2.45) is 0 Å². The van der Waals surface area contributed by atoms with E-state index in [0.29, 0.717) is 6.54 Å². The fourth-order valence-electron chi connectivity index (χ4n) is 2.34. The number of sulfone groups is 1. The Morgan fingerprint density at radius 2 is 2.00 bits per heavy atom. The molecule has 0 amide bonds. The summed E-state index contributed by atoms with van der Waals surface area (Å²) in [5.74, 6) is 0. The van der Waals surface area contributed by atoms with Crippen LogP contribution in [0.15, 0.2) is 4.34 Å². The van der Waals surface area contributed by atoms with Gasteiger partial charge >= 0.3 is 0 Å². The van der Waals surface area contributed by atoms with E-state index in [0.717, 1.165) is 30.9 Å². The van der Waals surface area contributed by atoms with Crippen LogP contribution in [0.4, 0.5) is 0 Å². The molecular weight excluding hydrogens is 284 g/mol. The summed E-state index contributed by atoms with van der Waals surface area (Å²) in [6.07, 6.45) is 1.16. The lowest BCUT2D eigenvalue weighted by molar-refractivity contribution is 0.0252. The topological polar surface area (TPSA) is 66.4 Å². The molecule has 1 aromatic rings. The summed E-state index contributed by atoms with van der Waals surface area (Å²) in [6, 6.07) is 0. The van der Waals surface area contributed by atoms with Crippen LogP contribution >= 0.6 is 11.3 Å². The number of rotatable bonds is 3. The summed E-state index contributed by atoms with van der Waals surface area (Å²) in [6.45, 7) is 8.01. The van der Waals surface area contributed by atoms with E-state index in [1.807, 2.05) is 0 Å². The molecule has 0 radical (unpaired) electrons. The second-order valence-electron chi connectivity index (χ2n) is 5.71. The van der Waals surface area contributed by atoms with Crippen molar-refractivity contribution in [3.63, 3.8) is 0 Å². The first-order chi connectivity index (χ1) is 8.68. The van der Waals surface area contributed by atoms with Crippen LogP contribution < -0.4 is 0 Å². The van der Waals surface area contributed by atoms with Gasteiger partial charge in [-0.3, -0.25) is 4.90 Å². The van der Waals surface area contributed by atoms with Gasteiger partial charge in [-0.1, -0.05) is 11.3 Å². The van der Waals surface area contributed by atoms with E-state index in [1.54, 1.807) is 0 Å². The van der Waals surface area contributed by atoms with Gasteiger partial charge < -0.3 is 4.90 Å². The van der Waals surface area contributed by atoms with Crippen molar-refractivity contribution < 1.29 is 8.42 Å². The zero-order valence-corrected chi connectivity index (χ0v) is 13.4. The minimum absolute atomic E-state index is 0.0594. The van der Waals surface area contributed by atoms with Gasteiger partial charge in [0, 0.05) is 31.4 Å². The Bertz CT molecular complexity index is 553. The number of nitrogens with zero attached hydrogens (tertiary/aromatic N) is 4. The molecule has 0 aliphatic carbocycles. The molecule has 108 valence electrons. The SMILES string of the molecule is CN1CCN(Cc2nnc(S(C)(=O)=O)s2)C(C)(C)C1. The third-order valence-corrected chi connectivity index (χ3v) is 5.93. The van der Waals surface area contributed by atoms with Crippen LogP contribution in [0, 0.1) is 0 Å². The van der Waals surface area contributed by atoms with Crippen molar-refractivity contribution in [2.75, 3.05) is 32.9 Å². The molecule has 0 aromatic carbocycles. The zero-order valence-electron chi connectivity index (χ0n) is 11.8. The lowest BCUT2D eigenvalue weighted by Gasteiger charge is -2.45. The molecule has 0 saturated carbocycles. The summed E-state index contributed by atoms with van der Waals surface area (Å²) in [7, 11) is -1.13. The highest BCUT2D eigenvalue weighted by Gasteiger charge is 2.32. The van der Waals surface area contributed by atoms with Gasteiger partial charge in [-0.15, -0.1) is 10.2 Å². The highest BCUT2D eigenvalue weighted by atomic mass is 32.2. The van der Waals surface area contributed by atoms with Crippen LogP contribution in [0.25, 0.3) is 0 Å². The number of hydrogen-bond acceptors (Lipinski definition) is 7. The summed E-state index contributed by atoms with van der Waals surface area (Å²) < 4.78 is 22.9. The first kappa shape index (κ1) is 14.8. The monoisotopic (exact) mass is 304 g/mol. The zero-order chi connectivity index (χ0) is 14.3. The van der Waals surface area contributed by atoms with E-state index in [1.165, 1.54) is 11.3 Å². The Labute approximate surface area is 118 Å². The quantitative estimate of drug-likeness (QED) is 0.808. The maximum Gasteiger partial charge on any atom is 0.232 e. The molecule has 1 aliphatic heterocycles. The van der Waals surface area contributed by atoms with Gasteiger partial charge in [-0.2, -0.15) is 0 Å². The fourth-order valence-corrected chi connectivity index (χ4v) is 4.01. The Morgan fingerprint density at radius 1 is 1.32 bits per heavy atom. The van der Waals surface area contributed by atoms with Gasteiger partial charge in [0.1, 0.15) is 5.01 Å². The van der Waals surface area contributed by atoms with Crippen molar-refractivity contribution in [2.45, 2.75) is 30.3 Å². The van der Waals surface area contributed by atoms with Crippen molar-refractivity contribution in [3.8, 4) is 0 Å². The molecule has 19 heavy (non-hydrogen) atoms. The molecule has 1 fully saturated rings. The molecule has 0 N–H and O–H groups in total. The summed E-state index contributed by atoms with van der Waals surface area (Å²) >= 11 is 1.17. The van der Waals surface area contributed by atoms with Gasteiger partial charge in [-0.25, -0.2) is 8.42 Å². The van der Waals surface area contributed by atoms with Crippen molar-refractivity contribution in [3.05, 3.63) is 5.01 Å². The predicted molar refractivity (Wildman–Crippen MR) is 75.0 cm³/mol. The van der Waals surface area contributed by atoms with Crippen LogP contribution in [0.5, 0.6) is 0 Å². The lowest BCUT2D eigenvalue weighted by Crippen LogP contribution is -2.57. The third-order valence-electron chi connectivity index (χ3n) is 3.36. The maximum absolute atomic E-state index is 11.4. The molecular formula is C11H20N4O2S2. The molecule has 2 rings (SSSR count). The van der Waals surface area contributed by atoms with Gasteiger partial charge in [0.2, 0.25) is 14.2 Å². The first-order valence-electron chi connectivity index (χ1n) is 6.14. The molecule has 1 aromatic heterocycles. The minimum atomic E-state index is -3.24. The van der Waals surface area contributed by atoms with E-state index in [9.17, 15) is 8.42 Å². The predicted octanol–water partition coefficient (Wildman–Crippen LogP) is 0.468. The smallest absolute Gasteiger partial charge is 0.232 e. The van der Waals surface area contributed by atoms with E-state index in [4.69, 9.17) is 0 Å². The molecule has 0 unspecified atom stereocenters. The van der Waals surface area contributed by atoms with Gasteiger partial charge in [-0.05, 0) is 20.9 Å². The molecule has 6 nitrogen and oxygen atoms in total. The van der Waals surface area contributed by atoms with Crippen LogP contribution in [-0.4, -0.2) is 66.9 Å². The lowest BCUT2D eigenvalue weighted by atomic mass is 9.99. The van der Waals surface area contributed by atoms with Gasteiger partial charge in [0.25, 0.3) is 0 Å². The highest BCUT2D eigenvalue weighted by Crippen LogP contribution is 2.24. The molecule has 0 atom stereocenters. The third kappa shape index (κ3) is 3.50. The van der Waals surface area contributed by atoms with E-state index >= 15 is 0 Å². The molecule has 1 saturated heterocycles. The van der Waals surface area contributed by atoms with Crippen LogP contribution in [0.1, 0.15) is 18.9 Å². The molecule has 0 bridgehead atoms. The second kappa shape index (κ2) is 5.08. The molecule has 1 aliphatic rings. The number of aromatic nitrogens is 2. The standard InChI is InChI=1S/C11H20N4O2S2/c1-11(2)8-14(3)5-6-15(11)7-9-12-13-10(18-9)19(4,16)17/h5-8H2,1-4H3. The Kier molecular flexibility index (Phi) is 3.97. The number of likely N-dealkylation sites (N-methyl/N-ethyl adjacent to an activating group) is 1. The number of hydrogen-bond donors (Lipinski definition) is 0. The largest absolute Gasteiger partial charge is 0.303 e. The van der Waals surface area contributed by atoms with Crippen LogP contribution in [0.2, 0.25) is 0 Å². The van der Waals surface area contributed by atoms with E-state index < -0.39 is 9.84 Å². The number of piperazine rings is 1. The van der Waals surface area contributed by atoms with Gasteiger partial charge in [0.05, 0.1) is 6.54 Å². The minimum Gasteiger partial charge on any atom is -0.303 e. The molecule has 0 spiro atoms. The second-order valence-corrected chi connectivity index (χ2v) is 8.96. The normalized spacial score (nSPS) is 21.7. The van der Waals surface area contributed by atoms with Gasteiger partial charge in [0.15, 0.2) is 0 Å². The Morgan fingerprint density at radius 3 is 2.53 bits per heavy atom. The van der Waals surface area contributed by atoms with Crippen LogP contribution in [-0.2, 0) is 16.4 Å². The Balaban J connectivity index is 2.11. The maximum atomic E-state index is 11.4. The first-order valence-corrected chi connectivity index (χ1v) is 8.85. The summed E-state index contributed by atoms with van der Waals surface area (Å²) in [5.41, 5.74) is 0.0594. The van der Waals surface area contributed by atoms with Crippen molar-refractivity contribution >= 4 is 21.2 Å². The summed E-state index contributed by atoms with van der Waals surface area (Å²) in [5, 5.41) is 8.52. The highest BCUT2D eigenvalue weighted by molar-refractivity contribution is 7.92. The van der Waals surface area contributed by atoms with Crippen molar-refractivity contribution in [1.29, 1.82) is 0 Å². The van der Waals surface area contributed by atoms with E-state index in [-0.39, 0.29) is 9.88 Å². The average molecular weight is 304 g/mol. The average Bonchev–Trinajstić information content (AvgIpc) is 2.69. The summed E-state index contributed by atoms with van der Waals surface area (Å²) in [4.78, 5) is 4.64. The van der Waals surface area contributed by atoms with Crippen LogP contribution in [0.3, 0.4) is 0 Å².